The van der Waals surface area contributed by atoms with Crippen LogP contribution in [0.3, 0.4) is 0 Å². The van der Waals surface area contributed by atoms with Gasteiger partial charge >= 0.3 is 0 Å². The van der Waals surface area contributed by atoms with Crippen molar-refractivity contribution in [1.29, 1.82) is 0 Å². The molecular formula is C15H18N2O5S. The molecule has 124 valence electrons. The highest BCUT2D eigenvalue weighted by atomic mass is 32.2. The van der Waals surface area contributed by atoms with Gasteiger partial charge in [0.05, 0.1) is 23.6 Å². The Hall–Kier alpha value is -2.09. The molecule has 2 amide bonds. The number of nitrogens with one attached hydrogen (secondary N) is 1. The highest BCUT2D eigenvalue weighted by molar-refractivity contribution is 7.91. The van der Waals surface area contributed by atoms with Crippen molar-refractivity contribution in [2.24, 2.45) is 0 Å². The molecule has 2 aliphatic rings. The normalized spacial score (nSPS) is 25.6. The van der Waals surface area contributed by atoms with Gasteiger partial charge in [0.25, 0.3) is 5.91 Å². The summed E-state index contributed by atoms with van der Waals surface area (Å²) in [4.78, 5) is 25.8. The summed E-state index contributed by atoms with van der Waals surface area (Å²) in [6.07, 6.45) is -0.613. The van der Waals surface area contributed by atoms with Gasteiger partial charge in [0.1, 0.15) is 5.75 Å². The van der Waals surface area contributed by atoms with Crippen molar-refractivity contribution >= 4 is 27.3 Å². The predicted octanol–water partition coefficient (Wildman–Crippen LogP) is 0.104. The number of para-hydroxylation sites is 2. The lowest BCUT2D eigenvalue weighted by atomic mass is 10.1. The van der Waals surface area contributed by atoms with Crippen LogP contribution in [0.2, 0.25) is 0 Å². The SMILES string of the molecule is CN1C(=O)C(CC(=O)NC2CCS(=O)(=O)C2)Oc2ccccc21. The standard InChI is InChI=1S/C15H18N2O5S/c1-17-11-4-2-3-5-12(11)22-13(15(17)19)8-14(18)16-10-6-7-23(20,21)9-10/h2-5,10,13H,6-9H2,1H3,(H,16,18). The highest BCUT2D eigenvalue weighted by Crippen LogP contribution is 2.33. The quantitative estimate of drug-likeness (QED) is 0.844. The van der Waals surface area contributed by atoms with Crippen LogP contribution < -0.4 is 15.0 Å². The minimum absolute atomic E-state index is 0.0407. The Morgan fingerprint density at radius 2 is 2.13 bits per heavy atom. The molecule has 2 atom stereocenters. The maximum Gasteiger partial charge on any atom is 0.268 e. The van der Waals surface area contributed by atoms with Gasteiger partial charge in [0, 0.05) is 13.1 Å². The van der Waals surface area contributed by atoms with Crippen molar-refractivity contribution in [2.75, 3.05) is 23.5 Å². The fourth-order valence-electron chi connectivity index (χ4n) is 2.87. The van der Waals surface area contributed by atoms with Crippen LogP contribution in [0.5, 0.6) is 5.75 Å². The Balaban J connectivity index is 1.64. The third-order valence-electron chi connectivity index (χ3n) is 4.07. The third-order valence-corrected chi connectivity index (χ3v) is 5.84. The molecule has 1 saturated heterocycles. The molecule has 0 radical (unpaired) electrons. The van der Waals surface area contributed by atoms with E-state index in [-0.39, 0.29) is 35.8 Å². The molecule has 1 N–H and O–H groups in total. The zero-order valence-electron chi connectivity index (χ0n) is 12.7. The van der Waals surface area contributed by atoms with Crippen LogP contribution in [0, 0.1) is 0 Å². The van der Waals surface area contributed by atoms with Gasteiger partial charge in [-0.15, -0.1) is 0 Å². The van der Waals surface area contributed by atoms with Crippen LogP contribution in [-0.2, 0) is 19.4 Å². The number of carbonyl (C=O) groups excluding carboxylic acids is 2. The maximum absolute atomic E-state index is 12.3. The van der Waals surface area contributed by atoms with Gasteiger partial charge in [-0.2, -0.15) is 0 Å². The molecule has 7 nitrogen and oxygen atoms in total. The summed E-state index contributed by atoms with van der Waals surface area (Å²) in [5.74, 6) is -0.0691. The molecule has 1 aromatic carbocycles. The number of hydrogen-bond donors (Lipinski definition) is 1. The average molecular weight is 338 g/mol. The number of anilines is 1. The summed E-state index contributed by atoms with van der Waals surface area (Å²) in [7, 11) is -1.42. The van der Waals surface area contributed by atoms with E-state index in [1.807, 2.05) is 0 Å². The van der Waals surface area contributed by atoms with Crippen LogP contribution in [-0.4, -0.2) is 50.9 Å². The fraction of sp³-hybridized carbons (Fsp3) is 0.467. The number of rotatable bonds is 3. The zero-order chi connectivity index (χ0) is 16.6. The Labute approximate surface area is 134 Å². The van der Waals surface area contributed by atoms with Crippen LogP contribution >= 0.6 is 0 Å². The van der Waals surface area contributed by atoms with Crippen LogP contribution in [0.1, 0.15) is 12.8 Å². The molecule has 0 bridgehead atoms. The zero-order valence-corrected chi connectivity index (χ0v) is 13.5. The van der Waals surface area contributed by atoms with E-state index in [0.29, 0.717) is 17.9 Å². The summed E-state index contributed by atoms with van der Waals surface area (Å²) >= 11 is 0. The number of ether oxygens (including phenoxy) is 1. The molecule has 1 aromatic rings. The van der Waals surface area contributed by atoms with E-state index in [2.05, 4.69) is 5.32 Å². The first-order chi connectivity index (χ1) is 10.9. The molecule has 3 rings (SSSR count). The summed E-state index contributed by atoms with van der Waals surface area (Å²) in [5, 5.41) is 2.67. The number of fused-ring (bicyclic) bond motifs is 1. The van der Waals surface area contributed by atoms with Crippen molar-refractivity contribution in [2.45, 2.75) is 25.0 Å². The van der Waals surface area contributed by atoms with E-state index in [1.165, 1.54) is 4.90 Å². The summed E-state index contributed by atoms with van der Waals surface area (Å²) in [6.45, 7) is 0. The van der Waals surface area contributed by atoms with Crippen LogP contribution in [0.4, 0.5) is 5.69 Å². The van der Waals surface area contributed by atoms with E-state index >= 15 is 0 Å². The first kappa shape index (κ1) is 15.8. The lowest BCUT2D eigenvalue weighted by molar-refractivity contribution is -0.132. The number of sulfone groups is 1. The van der Waals surface area contributed by atoms with Gasteiger partial charge in [0.2, 0.25) is 5.91 Å². The van der Waals surface area contributed by atoms with Crippen molar-refractivity contribution < 1.29 is 22.7 Å². The highest BCUT2D eigenvalue weighted by Gasteiger charge is 2.35. The van der Waals surface area contributed by atoms with E-state index in [9.17, 15) is 18.0 Å². The maximum atomic E-state index is 12.3. The first-order valence-electron chi connectivity index (χ1n) is 7.39. The number of likely N-dealkylation sites (N-methyl/N-ethyl adjacent to an activating group) is 1. The Bertz CT molecular complexity index is 746. The van der Waals surface area contributed by atoms with Crippen molar-refractivity contribution in [3.63, 3.8) is 0 Å². The van der Waals surface area contributed by atoms with Crippen molar-refractivity contribution in [3.05, 3.63) is 24.3 Å². The molecule has 0 aliphatic carbocycles. The number of amides is 2. The van der Waals surface area contributed by atoms with Crippen LogP contribution in [0.25, 0.3) is 0 Å². The van der Waals surface area contributed by atoms with E-state index in [0.717, 1.165) is 0 Å². The van der Waals surface area contributed by atoms with Gasteiger partial charge < -0.3 is 15.0 Å². The smallest absolute Gasteiger partial charge is 0.268 e. The first-order valence-corrected chi connectivity index (χ1v) is 9.21. The Morgan fingerprint density at radius 1 is 1.39 bits per heavy atom. The monoisotopic (exact) mass is 338 g/mol. The third kappa shape index (κ3) is 3.31. The topological polar surface area (TPSA) is 92.8 Å². The second-order valence-corrected chi connectivity index (χ2v) is 8.07. The molecule has 8 heteroatoms. The number of nitrogens with zero attached hydrogens (tertiary/aromatic N) is 1. The number of hydrogen-bond acceptors (Lipinski definition) is 5. The fourth-order valence-corrected chi connectivity index (χ4v) is 4.54. The lowest BCUT2D eigenvalue weighted by Gasteiger charge is -2.31. The molecule has 23 heavy (non-hydrogen) atoms. The van der Waals surface area contributed by atoms with Gasteiger partial charge in [0.15, 0.2) is 15.9 Å². The molecular weight excluding hydrogens is 320 g/mol. The second kappa shape index (κ2) is 5.84. The summed E-state index contributed by atoms with van der Waals surface area (Å²) in [6, 6.07) is 6.73. The van der Waals surface area contributed by atoms with E-state index < -0.39 is 15.9 Å². The molecule has 2 aliphatic heterocycles. The Morgan fingerprint density at radius 3 is 2.83 bits per heavy atom. The molecule has 1 fully saturated rings. The van der Waals surface area contributed by atoms with Crippen molar-refractivity contribution in [3.8, 4) is 5.75 Å². The lowest BCUT2D eigenvalue weighted by Crippen LogP contribution is -2.47. The summed E-state index contributed by atoms with van der Waals surface area (Å²) in [5.41, 5.74) is 0.663. The Kier molecular flexibility index (Phi) is 4.01. The van der Waals surface area contributed by atoms with Crippen LogP contribution in [0.15, 0.2) is 24.3 Å². The van der Waals surface area contributed by atoms with Gasteiger partial charge in [-0.25, -0.2) is 8.42 Å². The van der Waals surface area contributed by atoms with Gasteiger partial charge in [-0.1, -0.05) is 12.1 Å². The number of benzene rings is 1. The molecule has 0 aromatic heterocycles. The average Bonchev–Trinajstić information content (AvgIpc) is 2.83. The molecule has 0 spiro atoms. The van der Waals surface area contributed by atoms with E-state index in [4.69, 9.17) is 4.74 Å². The van der Waals surface area contributed by atoms with E-state index in [1.54, 1.807) is 31.3 Å². The summed E-state index contributed by atoms with van der Waals surface area (Å²) < 4.78 is 28.4. The molecule has 0 saturated carbocycles. The predicted molar refractivity (Wildman–Crippen MR) is 84.1 cm³/mol. The second-order valence-electron chi connectivity index (χ2n) is 5.84. The number of carbonyl (C=O) groups is 2. The minimum Gasteiger partial charge on any atom is -0.478 e. The molecule has 2 heterocycles. The molecule has 2 unspecified atom stereocenters. The van der Waals surface area contributed by atoms with Crippen molar-refractivity contribution in [1.82, 2.24) is 5.32 Å². The van der Waals surface area contributed by atoms with Gasteiger partial charge in [-0.05, 0) is 18.6 Å². The minimum atomic E-state index is -3.05. The largest absolute Gasteiger partial charge is 0.478 e. The van der Waals surface area contributed by atoms with Gasteiger partial charge in [-0.3, -0.25) is 9.59 Å².